The van der Waals surface area contributed by atoms with Gasteiger partial charge in [0.05, 0.1) is 6.42 Å². The predicted octanol–water partition coefficient (Wildman–Crippen LogP) is 4.38. The molecule has 6 nitrogen and oxygen atoms in total. The molecular weight excluding hydrogens is 404 g/mol. The molecule has 2 unspecified atom stereocenters. The Balaban J connectivity index is 1.35. The standard InChI is InChI=1S/C26H38N2O4/c29-24-8-4-7-20(17-24)21-15-22-9-10-23(16-21)28(22)14-13-27(25(30)11-12-26(31)32)18-19-5-2-1-3-6-19/h4,7-8,17,19,21-23,29H,1-3,5-6,9-16,18H2,(H,31,32). The molecule has 3 fully saturated rings. The van der Waals surface area contributed by atoms with Gasteiger partial charge in [-0.1, -0.05) is 31.4 Å². The summed E-state index contributed by atoms with van der Waals surface area (Å²) in [4.78, 5) is 28.4. The molecular formula is C26H38N2O4. The van der Waals surface area contributed by atoms with Gasteiger partial charge in [0, 0.05) is 38.1 Å². The summed E-state index contributed by atoms with van der Waals surface area (Å²) in [5, 5.41) is 18.9. The minimum Gasteiger partial charge on any atom is -0.508 e. The van der Waals surface area contributed by atoms with E-state index < -0.39 is 5.97 Å². The first-order chi connectivity index (χ1) is 15.5. The summed E-state index contributed by atoms with van der Waals surface area (Å²) >= 11 is 0. The van der Waals surface area contributed by atoms with Crippen LogP contribution < -0.4 is 0 Å². The molecule has 1 amide bonds. The van der Waals surface area contributed by atoms with Gasteiger partial charge in [-0.25, -0.2) is 0 Å². The number of carbonyl (C=O) groups excluding carboxylic acids is 1. The SMILES string of the molecule is O=C(O)CCC(=O)N(CCN1C2CCC1CC(c1cccc(O)c1)C2)CC1CCCCC1. The Kier molecular flexibility index (Phi) is 7.71. The number of carboxylic acids is 1. The van der Waals surface area contributed by atoms with Crippen molar-refractivity contribution >= 4 is 11.9 Å². The second-order valence-corrected chi connectivity index (χ2v) is 10.1. The Morgan fingerprint density at radius 2 is 1.72 bits per heavy atom. The first kappa shape index (κ1) is 23.1. The smallest absolute Gasteiger partial charge is 0.303 e. The Morgan fingerprint density at radius 3 is 2.38 bits per heavy atom. The van der Waals surface area contributed by atoms with Crippen LogP contribution in [0.5, 0.6) is 5.75 Å². The molecule has 2 aliphatic heterocycles. The van der Waals surface area contributed by atoms with Crippen LogP contribution in [0.15, 0.2) is 24.3 Å². The molecule has 1 aromatic carbocycles. The highest BCUT2D eigenvalue weighted by atomic mass is 16.4. The highest BCUT2D eigenvalue weighted by Crippen LogP contribution is 2.43. The summed E-state index contributed by atoms with van der Waals surface area (Å²) in [6.07, 6.45) is 10.8. The van der Waals surface area contributed by atoms with Gasteiger partial charge in [-0.05, 0) is 68.1 Å². The summed E-state index contributed by atoms with van der Waals surface area (Å²) in [6, 6.07) is 8.78. The zero-order valence-electron chi connectivity index (χ0n) is 19.1. The largest absolute Gasteiger partial charge is 0.508 e. The van der Waals surface area contributed by atoms with Crippen LogP contribution in [0, 0.1) is 5.92 Å². The lowest BCUT2D eigenvalue weighted by Crippen LogP contribution is -2.47. The van der Waals surface area contributed by atoms with Gasteiger partial charge in [-0.3, -0.25) is 14.5 Å². The van der Waals surface area contributed by atoms with Gasteiger partial charge in [0.25, 0.3) is 0 Å². The minimum absolute atomic E-state index is 0.0000304. The number of rotatable bonds is 9. The third-order valence-corrected chi connectivity index (χ3v) is 7.96. The van der Waals surface area contributed by atoms with Crippen LogP contribution in [0.3, 0.4) is 0 Å². The van der Waals surface area contributed by atoms with E-state index >= 15 is 0 Å². The summed E-state index contributed by atoms with van der Waals surface area (Å²) in [5.41, 5.74) is 1.24. The first-order valence-corrected chi connectivity index (χ1v) is 12.5. The van der Waals surface area contributed by atoms with Gasteiger partial charge in [0.15, 0.2) is 0 Å². The second kappa shape index (κ2) is 10.7. The van der Waals surface area contributed by atoms with E-state index in [9.17, 15) is 14.7 Å². The number of fused-ring (bicyclic) bond motifs is 2. The van der Waals surface area contributed by atoms with Crippen LogP contribution >= 0.6 is 0 Å². The van der Waals surface area contributed by atoms with Crippen molar-refractivity contribution in [2.24, 2.45) is 5.92 Å². The number of phenols is 1. The predicted molar refractivity (Wildman–Crippen MR) is 124 cm³/mol. The van der Waals surface area contributed by atoms with Crippen LogP contribution in [-0.2, 0) is 9.59 Å². The summed E-state index contributed by atoms with van der Waals surface area (Å²) in [5.74, 6) is 0.496. The molecule has 3 aliphatic rings. The number of phenolic OH excluding ortho intramolecular Hbond substituents is 1. The Bertz CT molecular complexity index is 778. The number of aromatic hydroxyl groups is 1. The maximum atomic E-state index is 12.9. The quantitative estimate of drug-likeness (QED) is 0.593. The third-order valence-electron chi connectivity index (χ3n) is 7.96. The van der Waals surface area contributed by atoms with Crippen molar-refractivity contribution in [1.82, 2.24) is 9.80 Å². The summed E-state index contributed by atoms with van der Waals surface area (Å²) in [6.45, 7) is 2.37. The number of aliphatic carboxylic acids is 1. The number of carbonyl (C=O) groups is 2. The van der Waals surface area contributed by atoms with Crippen molar-refractivity contribution < 1.29 is 19.8 Å². The van der Waals surface area contributed by atoms with Crippen molar-refractivity contribution in [1.29, 1.82) is 0 Å². The molecule has 2 saturated heterocycles. The van der Waals surface area contributed by atoms with Gasteiger partial charge in [-0.15, -0.1) is 0 Å². The molecule has 0 spiro atoms. The average molecular weight is 443 g/mol. The Hall–Kier alpha value is -2.08. The van der Waals surface area contributed by atoms with Gasteiger partial charge in [0.2, 0.25) is 5.91 Å². The third kappa shape index (κ3) is 5.83. The monoisotopic (exact) mass is 442 g/mol. The molecule has 0 radical (unpaired) electrons. The summed E-state index contributed by atoms with van der Waals surface area (Å²) in [7, 11) is 0. The van der Waals surface area contributed by atoms with E-state index in [1.165, 1.54) is 50.5 Å². The van der Waals surface area contributed by atoms with E-state index in [1.807, 2.05) is 17.0 Å². The van der Waals surface area contributed by atoms with E-state index in [-0.39, 0.29) is 18.7 Å². The highest BCUT2D eigenvalue weighted by Gasteiger charge is 2.41. The lowest BCUT2D eigenvalue weighted by atomic mass is 9.85. The van der Waals surface area contributed by atoms with Gasteiger partial charge < -0.3 is 15.1 Å². The van der Waals surface area contributed by atoms with Crippen LogP contribution in [0.25, 0.3) is 0 Å². The number of hydrogen-bond acceptors (Lipinski definition) is 4. The molecule has 4 rings (SSSR count). The van der Waals surface area contributed by atoms with Crippen molar-refractivity contribution in [3.63, 3.8) is 0 Å². The van der Waals surface area contributed by atoms with Gasteiger partial charge >= 0.3 is 5.97 Å². The molecule has 32 heavy (non-hydrogen) atoms. The van der Waals surface area contributed by atoms with E-state index in [1.54, 1.807) is 6.07 Å². The number of piperidine rings is 1. The average Bonchev–Trinajstić information content (AvgIpc) is 3.02. The number of benzene rings is 1. The zero-order valence-corrected chi connectivity index (χ0v) is 19.1. The Morgan fingerprint density at radius 1 is 1.00 bits per heavy atom. The molecule has 2 N–H and O–H groups in total. The van der Waals surface area contributed by atoms with E-state index in [0.29, 0.717) is 36.2 Å². The van der Waals surface area contributed by atoms with E-state index in [0.717, 1.165) is 25.9 Å². The number of carboxylic acid groups (broad SMARTS) is 1. The first-order valence-electron chi connectivity index (χ1n) is 12.5. The maximum Gasteiger partial charge on any atom is 0.303 e. The fraction of sp³-hybridized carbons (Fsp3) is 0.692. The van der Waals surface area contributed by atoms with Crippen LogP contribution in [0.4, 0.5) is 0 Å². The van der Waals surface area contributed by atoms with E-state index in [2.05, 4.69) is 11.0 Å². The minimum atomic E-state index is -0.900. The number of hydrogen-bond donors (Lipinski definition) is 2. The van der Waals surface area contributed by atoms with Crippen molar-refractivity contribution in [2.75, 3.05) is 19.6 Å². The second-order valence-electron chi connectivity index (χ2n) is 10.1. The van der Waals surface area contributed by atoms with Crippen LogP contribution in [-0.4, -0.2) is 63.6 Å². The normalized spacial score (nSPS) is 26.2. The molecule has 1 aromatic rings. The maximum absolute atomic E-state index is 12.9. The zero-order chi connectivity index (χ0) is 22.5. The molecule has 2 bridgehead atoms. The van der Waals surface area contributed by atoms with Crippen LogP contribution in [0.1, 0.15) is 82.1 Å². The fourth-order valence-electron chi connectivity index (χ4n) is 6.30. The van der Waals surface area contributed by atoms with Crippen molar-refractivity contribution in [3.05, 3.63) is 29.8 Å². The molecule has 1 aliphatic carbocycles. The van der Waals surface area contributed by atoms with Crippen molar-refractivity contribution in [3.8, 4) is 5.75 Å². The lowest BCUT2D eigenvalue weighted by molar-refractivity contribution is -0.141. The summed E-state index contributed by atoms with van der Waals surface area (Å²) < 4.78 is 0. The fourth-order valence-corrected chi connectivity index (χ4v) is 6.30. The molecule has 2 atom stereocenters. The van der Waals surface area contributed by atoms with Crippen molar-refractivity contribution in [2.45, 2.75) is 88.6 Å². The number of nitrogens with zero attached hydrogens (tertiary/aromatic N) is 2. The van der Waals surface area contributed by atoms with Crippen LogP contribution in [0.2, 0.25) is 0 Å². The van der Waals surface area contributed by atoms with Gasteiger partial charge in [-0.2, -0.15) is 0 Å². The number of amides is 1. The molecule has 1 saturated carbocycles. The molecule has 176 valence electrons. The lowest BCUT2D eigenvalue weighted by Gasteiger charge is -2.40. The topological polar surface area (TPSA) is 81.1 Å². The molecule has 6 heteroatoms. The molecule has 2 heterocycles. The van der Waals surface area contributed by atoms with Gasteiger partial charge in [0.1, 0.15) is 5.75 Å². The molecule has 0 aromatic heterocycles. The highest BCUT2D eigenvalue weighted by molar-refractivity contribution is 5.80. The van der Waals surface area contributed by atoms with E-state index in [4.69, 9.17) is 5.11 Å². The Labute approximate surface area is 191 Å².